The maximum absolute atomic E-state index is 4.50. The van der Waals surface area contributed by atoms with E-state index in [9.17, 15) is 0 Å². The quantitative estimate of drug-likeness (QED) is 0.528. The summed E-state index contributed by atoms with van der Waals surface area (Å²) in [5, 5.41) is 8.50. The van der Waals surface area contributed by atoms with Crippen molar-refractivity contribution >= 4 is 16.9 Å². The first-order chi connectivity index (χ1) is 14.4. The van der Waals surface area contributed by atoms with Crippen LogP contribution in [0, 0.1) is 0 Å². The highest BCUT2D eigenvalue weighted by molar-refractivity contribution is 5.77. The summed E-state index contributed by atoms with van der Waals surface area (Å²) in [7, 11) is 0. The van der Waals surface area contributed by atoms with Crippen molar-refractivity contribution in [3.05, 3.63) is 85.2 Å². The van der Waals surface area contributed by atoms with Gasteiger partial charge in [0.15, 0.2) is 5.82 Å². The highest BCUT2D eigenvalue weighted by atomic mass is 15.3. The zero-order valence-corrected chi connectivity index (χ0v) is 15.9. The van der Waals surface area contributed by atoms with E-state index in [1.807, 2.05) is 30.7 Å². The summed E-state index contributed by atoms with van der Waals surface area (Å²) in [5.74, 6) is 0.956. The van der Waals surface area contributed by atoms with E-state index in [4.69, 9.17) is 0 Å². The highest BCUT2D eigenvalue weighted by Gasteiger charge is 2.26. The summed E-state index contributed by atoms with van der Waals surface area (Å²) >= 11 is 0. The number of anilines is 1. The number of benzene rings is 1. The topological polar surface area (TPSA) is 51.2 Å². The second kappa shape index (κ2) is 6.44. The van der Waals surface area contributed by atoms with E-state index in [0.717, 1.165) is 35.0 Å². The second-order valence-corrected chi connectivity index (χ2v) is 7.54. The summed E-state index contributed by atoms with van der Waals surface area (Å²) in [5.41, 5.74) is 5.52. The summed E-state index contributed by atoms with van der Waals surface area (Å²) in [6.07, 6.45) is 14.8. The van der Waals surface area contributed by atoms with Crippen LogP contribution in [0.2, 0.25) is 0 Å². The van der Waals surface area contributed by atoms with Crippen LogP contribution in [0.25, 0.3) is 22.6 Å². The normalized spacial score (nSPS) is 16.4. The summed E-state index contributed by atoms with van der Waals surface area (Å²) in [4.78, 5) is 6.74. The molecule has 6 heteroatoms. The third-order valence-electron chi connectivity index (χ3n) is 5.60. The van der Waals surface area contributed by atoms with Gasteiger partial charge in [0.2, 0.25) is 0 Å². The monoisotopic (exact) mass is 380 g/mol. The maximum Gasteiger partial charge on any atom is 0.164 e. The van der Waals surface area contributed by atoms with Gasteiger partial charge in [-0.2, -0.15) is 0 Å². The average molecular weight is 380 g/mol. The van der Waals surface area contributed by atoms with Gasteiger partial charge in [-0.1, -0.05) is 24.3 Å². The molecule has 0 spiro atoms. The second-order valence-electron chi connectivity index (χ2n) is 7.54. The SMILES string of the molecule is C1=CN(c2cccc(-c3nncn3C3CC3)c2)CC=C1c1cnc2ccccn12. The minimum atomic E-state index is 0.564. The van der Waals surface area contributed by atoms with Crippen LogP contribution in [0.15, 0.2) is 79.5 Å². The Balaban J connectivity index is 1.27. The molecule has 6 rings (SSSR count). The minimum Gasteiger partial charge on any atom is -0.344 e. The molecule has 1 aromatic carbocycles. The van der Waals surface area contributed by atoms with Crippen LogP contribution in [0.1, 0.15) is 24.6 Å². The molecule has 4 aromatic rings. The number of imidazole rings is 1. The minimum absolute atomic E-state index is 0.564. The predicted octanol–water partition coefficient (Wildman–Crippen LogP) is 4.35. The number of aromatic nitrogens is 5. The van der Waals surface area contributed by atoms with Gasteiger partial charge in [-0.3, -0.25) is 4.40 Å². The van der Waals surface area contributed by atoms with Crippen molar-refractivity contribution in [1.82, 2.24) is 24.1 Å². The standard InChI is InChI=1S/C23H20N6/c1-2-11-28-21(15-24-22(28)6-1)17-9-12-27(13-10-17)20-5-3-4-18(14-20)23-26-25-16-29(23)19-7-8-19/h1-6,9-12,14-16,19H,7-8,13H2. The van der Waals surface area contributed by atoms with E-state index in [1.54, 1.807) is 0 Å². The third kappa shape index (κ3) is 2.84. The van der Waals surface area contributed by atoms with Crippen LogP contribution in [0.3, 0.4) is 0 Å². The molecule has 0 saturated heterocycles. The molecule has 0 N–H and O–H groups in total. The molecule has 4 heterocycles. The first kappa shape index (κ1) is 16.3. The van der Waals surface area contributed by atoms with Crippen molar-refractivity contribution in [3.8, 4) is 11.4 Å². The van der Waals surface area contributed by atoms with Crippen LogP contribution in [0.4, 0.5) is 5.69 Å². The summed E-state index contributed by atoms with van der Waals surface area (Å²) in [6, 6.07) is 15.2. The molecule has 0 radical (unpaired) electrons. The number of hydrogen-bond acceptors (Lipinski definition) is 4. The van der Waals surface area contributed by atoms with E-state index in [1.165, 1.54) is 18.4 Å². The summed E-state index contributed by atoms with van der Waals surface area (Å²) < 4.78 is 4.32. The lowest BCUT2D eigenvalue weighted by Gasteiger charge is -2.23. The Morgan fingerprint density at radius 3 is 2.86 bits per heavy atom. The van der Waals surface area contributed by atoms with Gasteiger partial charge < -0.3 is 9.47 Å². The van der Waals surface area contributed by atoms with E-state index in [2.05, 4.69) is 77.9 Å². The van der Waals surface area contributed by atoms with Gasteiger partial charge >= 0.3 is 0 Å². The molecule has 142 valence electrons. The molecular weight excluding hydrogens is 360 g/mol. The summed E-state index contributed by atoms with van der Waals surface area (Å²) in [6.45, 7) is 0.810. The number of rotatable bonds is 4. The van der Waals surface area contributed by atoms with Gasteiger partial charge in [0.05, 0.1) is 11.9 Å². The van der Waals surface area contributed by atoms with E-state index in [-0.39, 0.29) is 0 Å². The van der Waals surface area contributed by atoms with Crippen LogP contribution < -0.4 is 4.90 Å². The molecule has 29 heavy (non-hydrogen) atoms. The van der Waals surface area contributed by atoms with E-state index < -0.39 is 0 Å². The number of pyridine rings is 1. The molecule has 1 aliphatic heterocycles. The Bertz CT molecular complexity index is 1260. The van der Waals surface area contributed by atoms with E-state index >= 15 is 0 Å². The fourth-order valence-corrected chi connectivity index (χ4v) is 3.92. The number of allylic oxidation sites excluding steroid dienone is 2. The Kier molecular flexibility index (Phi) is 3.62. The van der Waals surface area contributed by atoms with Crippen molar-refractivity contribution in [3.63, 3.8) is 0 Å². The lowest BCUT2D eigenvalue weighted by atomic mass is 10.1. The highest BCUT2D eigenvalue weighted by Crippen LogP contribution is 2.38. The molecular formula is C23H20N6. The Morgan fingerprint density at radius 2 is 2.00 bits per heavy atom. The van der Waals surface area contributed by atoms with Crippen molar-refractivity contribution in [2.45, 2.75) is 18.9 Å². The first-order valence-electron chi connectivity index (χ1n) is 9.94. The molecule has 0 unspecified atom stereocenters. The zero-order chi connectivity index (χ0) is 19.2. The molecule has 1 aliphatic carbocycles. The van der Waals surface area contributed by atoms with Crippen LogP contribution in [-0.2, 0) is 0 Å². The van der Waals surface area contributed by atoms with Gasteiger partial charge in [0.1, 0.15) is 12.0 Å². The van der Waals surface area contributed by atoms with Gasteiger partial charge in [-0.05, 0) is 48.8 Å². The molecule has 1 fully saturated rings. The van der Waals surface area contributed by atoms with Crippen molar-refractivity contribution in [2.75, 3.05) is 11.4 Å². The molecule has 0 amide bonds. The Labute approximate surface area is 168 Å². The lowest BCUT2D eigenvalue weighted by molar-refractivity contribution is 0.746. The predicted molar refractivity (Wildman–Crippen MR) is 113 cm³/mol. The molecule has 6 nitrogen and oxygen atoms in total. The van der Waals surface area contributed by atoms with Gasteiger partial charge in [-0.15, -0.1) is 10.2 Å². The first-order valence-corrected chi connectivity index (χ1v) is 9.94. The molecule has 0 bridgehead atoms. The smallest absolute Gasteiger partial charge is 0.164 e. The fraction of sp³-hybridized carbons (Fsp3) is 0.174. The molecule has 0 atom stereocenters. The molecule has 3 aromatic heterocycles. The number of hydrogen-bond donors (Lipinski definition) is 0. The number of nitrogens with zero attached hydrogens (tertiary/aromatic N) is 6. The van der Waals surface area contributed by atoms with Gasteiger partial charge in [0, 0.05) is 36.2 Å². The third-order valence-corrected chi connectivity index (χ3v) is 5.60. The van der Waals surface area contributed by atoms with Gasteiger partial charge in [-0.25, -0.2) is 4.98 Å². The average Bonchev–Trinajstić information content (AvgIpc) is 3.34. The molecule has 2 aliphatic rings. The number of fused-ring (bicyclic) bond motifs is 1. The van der Waals surface area contributed by atoms with Crippen LogP contribution in [-0.4, -0.2) is 30.7 Å². The van der Waals surface area contributed by atoms with Gasteiger partial charge in [0.25, 0.3) is 0 Å². The van der Waals surface area contributed by atoms with E-state index in [0.29, 0.717) is 6.04 Å². The lowest BCUT2D eigenvalue weighted by Crippen LogP contribution is -2.18. The van der Waals surface area contributed by atoms with Crippen LogP contribution in [0.5, 0.6) is 0 Å². The van der Waals surface area contributed by atoms with Crippen molar-refractivity contribution in [1.29, 1.82) is 0 Å². The zero-order valence-electron chi connectivity index (χ0n) is 15.9. The Hall–Kier alpha value is -3.67. The van der Waals surface area contributed by atoms with Crippen LogP contribution >= 0.6 is 0 Å². The van der Waals surface area contributed by atoms with Crippen molar-refractivity contribution in [2.24, 2.45) is 0 Å². The molecule has 1 saturated carbocycles. The maximum atomic E-state index is 4.50. The Morgan fingerprint density at radius 1 is 1.03 bits per heavy atom. The van der Waals surface area contributed by atoms with Crippen molar-refractivity contribution < 1.29 is 0 Å². The fourth-order valence-electron chi connectivity index (χ4n) is 3.92. The largest absolute Gasteiger partial charge is 0.344 e.